The normalized spacial score (nSPS) is 18.8. The quantitative estimate of drug-likeness (QED) is 0.845. The van der Waals surface area contributed by atoms with Crippen molar-refractivity contribution in [2.75, 3.05) is 24.6 Å². The third kappa shape index (κ3) is 3.12. The summed E-state index contributed by atoms with van der Waals surface area (Å²) in [6, 6.07) is 5.61. The summed E-state index contributed by atoms with van der Waals surface area (Å²) in [4.78, 5) is 10.9. The van der Waals surface area contributed by atoms with Crippen molar-refractivity contribution < 1.29 is 4.74 Å². The van der Waals surface area contributed by atoms with Crippen LogP contribution in [0.5, 0.6) is 0 Å². The van der Waals surface area contributed by atoms with Crippen LogP contribution in [-0.4, -0.2) is 29.7 Å². The molecule has 0 bridgehead atoms. The second-order valence-electron chi connectivity index (χ2n) is 4.94. The summed E-state index contributed by atoms with van der Waals surface area (Å²) in [6.45, 7) is 4.13. The van der Waals surface area contributed by atoms with Crippen LogP contribution in [0.3, 0.4) is 0 Å². The number of morpholine rings is 1. The molecule has 2 aromatic rings. The Morgan fingerprint density at radius 2 is 2.00 bits per heavy atom. The summed E-state index contributed by atoms with van der Waals surface area (Å²) in [5, 5.41) is 1.10. The molecule has 0 N–H and O–H groups in total. The van der Waals surface area contributed by atoms with Gasteiger partial charge in [-0.15, -0.1) is 0 Å². The Morgan fingerprint density at radius 1 is 1.19 bits per heavy atom. The Balaban J connectivity index is 1.83. The van der Waals surface area contributed by atoms with Gasteiger partial charge in [-0.3, -0.25) is 4.98 Å². The highest BCUT2D eigenvalue weighted by Crippen LogP contribution is 2.30. The molecule has 1 aliphatic rings. The van der Waals surface area contributed by atoms with Crippen molar-refractivity contribution in [3.05, 3.63) is 51.9 Å². The molecular formula is C15H15Cl2N3O. The zero-order valence-corrected chi connectivity index (χ0v) is 13.1. The Kier molecular flexibility index (Phi) is 4.29. The van der Waals surface area contributed by atoms with E-state index in [1.54, 1.807) is 18.5 Å². The molecule has 1 aliphatic heterocycles. The van der Waals surface area contributed by atoms with Gasteiger partial charge in [-0.2, -0.15) is 0 Å². The van der Waals surface area contributed by atoms with Gasteiger partial charge in [0, 0.05) is 25.5 Å². The van der Waals surface area contributed by atoms with E-state index in [1.807, 2.05) is 19.1 Å². The van der Waals surface area contributed by atoms with E-state index in [0.717, 1.165) is 30.2 Å². The molecular weight excluding hydrogens is 309 g/mol. The number of aromatic nitrogens is 2. The second kappa shape index (κ2) is 6.18. The van der Waals surface area contributed by atoms with Crippen molar-refractivity contribution in [3.8, 4) is 0 Å². The standard InChI is InChI=1S/C15H15Cl2N3O/c1-10-15(19-5-4-18-10)20-6-7-21-14(9-20)11-2-3-12(16)13(17)8-11/h2-5,8,14H,6-7,9H2,1H3/t14-/m1/s1. The maximum absolute atomic E-state index is 6.09. The summed E-state index contributed by atoms with van der Waals surface area (Å²) in [6.07, 6.45) is 3.37. The van der Waals surface area contributed by atoms with E-state index in [0.29, 0.717) is 16.7 Å². The van der Waals surface area contributed by atoms with Gasteiger partial charge in [-0.1, -0.05) is 29.3 Å². The molecule has 110 valence electrons. The minimum absolute atomic E-state index is 0.0464. The summed E-state index contributed by atoms with van der Waals surface area (Å²) in [5.41, 5.74) is 1.95. The highest BCUT2D eigenvalue weighted by Gasteiger charge is 2.24. The maximum Gasteiger partial charge on any atom is 0.150 e. The van der Waals surface area contributed by atoms with Crippen LogP contribution in [-0.2, 0) is 4.74 Å². The topological polar surface area (TPSA) is 38.2 Å². The lowest BCUT2D eigenvalue weighted by Gasteiger charge is -2.34. The molecule has 1 aromatic heterocycles. The smallest absolute Gasteiger partial charge is 0.150 e. The molecule has 1 aromatic carbocycles. The number of aryl methyl sites for hydroxylation is 1. The molecule has 0 aliphatic carbocycles. The van der Waals surface area contributed by atoms with Crippen LogP contribution in [0.25, 0.3) is 0 Å². The SMILES string of the molecule is Cc1nccnc1N1CCO[C@@H](c2ccc(Cl)c(Cl)c2)C1. The lowest BCUT2D eigenvalue weighted by Crippen LogP contribution is -2.39. The fourth-order valence-electron chi connectivity index (χ4n) is 2.47. The largest absolute Gasteiger partial charge is 0.370 e. The van der Waals surface area contributed by atoms with Crippen LogP contribution in [0.2, 0.25) is 10.0 Å². The lowest BCUT2D eigenvalue weighted by molar-refractivity contribution is 0.0394. The first-order valence-electron chi connectivity index (χ1n) is 6.74. The summed E-state index contributed by atoms with van der Waals surface area (Å²) in [7, 11) is 0. The fraction of sp³-hybridized carbons (Fsp3) is 0.333. The van der Waals surface area contributed by atoms with Crippen LogP contribution in [0, 0.1) is 6.92 Å². The molecule has 4 nitrogen and oxygen atoms in total. The molecule has 6 heteroatoms. The van der Waals surface area contributed by atoms with Gasteiger partial charge in [0.05, 0.1) is 22.3 Å². The van der Waals surface area contributed by atoms with E-state index in [2.05, 4.69) is 14.9 Å². The van der Waals surface area contributed by atoms with E-state index in [4.69, 9.17) is 27.9 Å². The molecule has 0 amide bonds. The number of hydrogen-bond acceptors (Lipinski definition) is 4. The zero-order chi connectivity index (χ0) is 14.8. The summed E-state index contributed by atoms with van der Waals surface area (Å²) in [5.74, 6) is 0.908. The molecule has 0 spiro atoms. The average molecular weight is 324 g/mol. The van der Waals surface area contributed by atoms with Gasteiger partial charge < -0.3 is 9.64 Å². The van der Waals surface area contributed by atoms with Gasteiger partial charge in [-0.05, 0) is 24.6 Å². The van der Waals surface area contributed by atoms with Crippen molar-refractivity contribution in [1.29, 1.82) is 0 Å². The first-order valence-corrected chi connectivity index (χ1v) is 7.50. The minimum atomic E-state index is -0.0464. The third-order valence-electron chi connectivity index (χ3n) is 3.54. The Hall–Kier alpha value is -1.36. The molecule has 1 fully saturated rings. The van der Waals surface area contributed by atoms with E-state index >= 15 is 0 Å². The molecule has 0 radical (unpaired) electrons. The Bertz CT molecular complexity index is 651. The molecule has 3 rings (SSSR count). The number of anilines is 1. The minimum Gasteiger partial charge on any atom is -0.370 e. The van der Waals surface area contributed by atoms with Crippen LogP contribution >= 0.6 is 23.2 Å². The average Bonchev–Trinajstić information content (AvgIpc) is 2.51. The van der Waals surface area contributed by atoms with E-state index in [-0.39, 0.29) is 6.10 Å². The van der Waals surface area contributed by atoms with Crippen LogP contribution in [0.1, 0.15) is 17.4 Å². The predicted molar refractivity (Wildman–Crippen MR) is 84.1 cm³/mol. The summed E-state index contributed by atoms with van der Waals surface area (Å²) >= 11 is 12.1. The van der Waals surface area contributed by atoms with Crippen molar-refractivity contribution in [2.45, 2.75) is 13.0 Å². The first kappa shape index (κ1) is 14.6. The predicted octanol–water partition coefficient (Wildman–Crippen LogP) is 3.67. The van der Waals surface area contributed by atoms with Crippen molar-refractivity contribution in [2.24, 2.45) is 0 Å². The van der Waals surface area contributed by atoms with Gasteiger partial charge >= 0.3 is 0 Å². The van der Waals surface area contributed by atoms with Crippen molar-refractivity contribution in [3.63, 3.8) is 0 Å². The Morgan fingerprint density at radius 3 is 2.76 bits per heavy atom. The van der Waals surface area contributed by atoms with Gasteiger partial charge in [0.1, 0.15) is 11.9 Å². The molecule has 1 saturated heterocycles. The molecule has 21 heavy (non-hydrogen) atoms. The first-order chi connectivity index (χ1) is 10.1. The highest BCUT2D eigenvalue weighted by molar-refractivity contribution is 6.42. The lowest BCUT2D eigenvalue weighted by atomic mass is 10.1. The van der Waals surface area contributed by atoms with Crippen molar-refractivity contribution in [1.82, 2.24) is 9.97 Å². The number of rotatable bonds is 2. The maximum atomic E-state index is 6.09. The fourth-order valence-corrected chi connectivity index (χ4v) is 2.77. The van der Waals surface area contributed by atoms with Gasteiger partial charge in [0.2, 0.25) is 0 Å². The number of hydrogen-bond donors (Lipinski definition) is 0. The summed E-state index contributed by atoms with van der Waals surface area (Å²) < 4.78 is 5.86. The Labute approximate surface area is 133 Å². The number of benzene rings is 1. The van der Waals surface area contributed by atoms with E-state index in [9.17, 15) is 0 Å². The second-order valence-corrected chi connectivity index (χ2v) is 5.76. The van der Waals surface area contributed by atoms with E-state index < -0.39 is 0 Å². The molecule has 0 unspecified atom stereocenters. The number of halogens is 2. The van der Waals surface area contributed by atoms with Gasteiger partial charge in [0.25, 0.3) is 0 Å². The molecule has 0 saturated carbocycles. The number of nitrogens with zero attached hydrogens (tertiary/aromatic N) is 3. The van der Waals surface area contributed by atoms with Gasteiger partial charge in [-0.25, -0.2) is 4.98 Å². The van der Waals surface area contributed by atoms with E-state index in [1.165, 1.54) is 0 Å². The highest BCUT2D eigenvalue weighted by atomic mass is 35.5. The van der Waals surface area contributed by atoms with Crippen LogP contribution < -0.4 is 4.90 Å². The van der Waals surface area contributed by atoms with Crippen molar-refractivity contribution >= 4 is 29.0 Å². The monoisotopic (exact) mass is 323 g/mol. The van der Waals surface area contributed by atoms with Gasteiger partial charge in [0.15, 0.2) is 0 Å². The van der Waals surface area contributed by atoms with Crippen LogP contribution in [0.4, 0.5) is 5.82 Å². The van der Waals surface area contributed by atoms with Crippen LogP contribution in [0.15, 0.2) is 30.6 Å². The molecule has 2 heterocycles. The zero-order valence-electron chi connectivity index (χ0n) is 11.6. The number of ether oxygens (including phenoxy) is 1. The third-order valence-corrected chi connectivity index (χ3v) is 4.28. The molecule has 1 atom stereocenters.